The fourth-order valence-corrected chi connectivity index (χ4v) is 1.86. The molecule has 1 aromatic heterocycles. The lowest BCUT2D eigenvalue weighted by molar-refractivity contribution is 0.330. The van der Waals surface area contributed by atoms with Crippen molar-refractivity contribution in [3.05, 3.63) is 22.4 Å². The van der Waals surface area contributed by atoms with E-state index < -0.39 is 0 Å². The van der Waals surface area contributed by atoms with Crippen LogP contribution in [0.15, 0.2) is 17.5 Å². The van der Waals surface area contributed by atoms with Gasteiger partial charge in [0, 0.05) is 17.0 Å². The second-order valence-corrected chi connectivity index (χ2v) is 4.73. The van der Waals surface area contributed by atoms with E-state index in [1.54, 1.807) is 0 Å². The third kappa shape index (κ3) is 3.12. The van der Waals surface area contributed by atoms with Gasteiger partial charge in [0.15, 0.2) is 0 Å². The zero-order valence-electron chi connectivity index (χ0n) is 8.76. The van der Waals surface area contributed by atoms with Crippen molar-refractivity contribution in [3.8, 4) is 0 Å². The molecule has 0 spiro atoms. The van der Waals surface area contributed by atoms with Crippen LogP contribution in [0.25, 0.3) is 0 Å². The summed E-state index contributed by atoms with van der Waals surface area (Å²) in [6.07, 6.45) is 2.38. The zero-order valence-corrected chi connectivity index (χ0v) is 9.58. The van der Waals surface area contributed by atoms with Gasteiger partial charge in [-0.25, -0.2) is 0 Å². The van der Waals surface area contributed by atoms with Crippen molar-refractivity contribution in [2.75, 3.05) is 0 Å². The standard InChI is InChI=1S/C11H19NS/c1-4-11(3,5-2)12-9-10-7-6-8-13-10/h6-8,12H,4-5,9H2,1-3H3. The molecule has 0 atom stereocenters. The molecule has 0 aliphatic rings. The average Bonchev–Trinajstić information content (AvgIpc) is 2.67. The molecule has 0 bridgehead atoms. The van der Waals surface area contributed by atoms with E-state index in [0.717, 1.165) is 6.54 Å². The second kappa shape index (κ2) is 4.77. The van der Waals surface area contributed by atoms with E-state index in [-0.39, 0.29) is 0 Å². The van der Waals surface area contributed by atoms with Gasteiger partial charge in [-0.15, -0.1) is 11.3 Å². The van der Waals surface area contributed by atoms with Gasteiger partial charge in [0.1, 0.15) is 0 Å². The van der Waals surface area contributed by atoms with E-state index in [1.165, 1.54) is 17.7 Å². The molecule has 2 heteroatoms. The normalized spacial score (nSPS) is 11.9. The van der Waals surface area contributed by atoms with Crippen molar-refractivity contribution in [1.29, 1.82) is 0 Å². The Morgan fingerprint density at radius 1 is 1.38 bits per heavy atom. The van der Waals surface area contributed by atoms with Gasteiger partial charge in [0.2, 0.25) is 0 Å². The first-order chi connectivity index (χ1) is 6.20. The molecule has 0 saturated carbocycles. The predicted molar refractivity (Wildman–Crippen MR) is 60.1 cm³/mol. The van der Waals surface area contributed by atoms with Gasteiger partial charge in [-0.3, -0.25) is 0 Å². The van der Waals surface area contributed by atoms with Crippen molar-refractivity contribution in [1.82, 2.24) is 5.32 Å². The molecule has 1 aromatic rings. The first kappa shape index (κ1) is 10.7. The number of hydrogen-bond acceptors (Lipinski definition) is 2. The van der Waals surface area contributed by atoms with Crippen molar-refractivity contribution in [3.63, 3.8) is 0 Å². The van der Waals surface area contributed by atoms with Gasteiger partial charge in [-0.1, -0.05) is 19.9 Å². The van der Waals surface area contributed by atoms with Crippen LogP contribution in [0.3, 0.4) is 0 Å². The van der Waals surface area contributed by atoms with E-state index in [9.17, 15) is 0 Å². The summed E-state index contributed by atoms with van der Waals surface area (Å²) in [5, 5.41) is 5.74. The van der Waals surface area contributed by atoms with Crippen LogP contribution in [-0.4, -0.2) is 5.54 Å². The Bertz CT molecular complexity index is 224. The highest BCUT2D eigenvalue weighted by Crippen LogP contribution is 2.16. The number of rotatable bonds is 5. The Labute approximate surface area is 85.2 Å². The molecule has 1 heterocycles. The average molecular weight is 197 g/mol. The maximum absolute atomic E-state index is 3.61. The van der Waals surface area contributed by atoms with Gasteiger partial charge < -0.3 is 5.32 Å². The highest BCUT2D eigenvalue weighted by Gasteiger charge is 2.17. The Hall–Kier alpha value is -0.340. The third-order valence-electron chi connectivity index (χ3n) is 2.83. The third-order valence-corrected chi connectivity index (χ3v) is 3.71. The topological polar surface area (TPSA) is 12.0 Å². The van der Waals surface area contributed by atoms with Gasteiger partial charge in [0.05, 0.1) is 0 Å². The van der Waals surface area contributed by atoms with E-state index in [4.69, 9.17) is 0 Å². The lowest BCUT2D eigenvalue weighted by atomic mass is 9.96. The van der Waals surface area contributed by atoms with Crippen LogP contribution in [-0.2, 0) is 6.54 Å². The molecule has 1 N–H and O–H groups in total. The van der Waals surface area contributed by atoms with E-state index in [1.807, 2.05) is 11.3 Å². The van der Waals surface area contributed by atoms with Crippen LogP contribution in [0.5, 0.6) is 0 Å². The fourth-order valence-electron chi connectivity index (χ4n) is 1.21. The molecule has 0 unspecified atom stereocenters. The minimum Gasteiger partial charge on any atom is -0.307 e. The van der Waals surface area contributed by atoms with Crippen LogP contribution >= 0.6 is 11.3 Å². The summed E-state index contributed by atoms with van der Waals surface area (Å²) in [6, 6.07) is 4.29. The smallest absolute Gasteiger partial charge is 0.0304 e. The summed E-state index contributed by atoms with van der Waals surface area (Å²) in [6.45, 7) is 7.78. The summed E-state index contributed by atoms with van der Waals surface area (Å²) in [7, 11) is 0. The van der Waals surface area contributed by atoms with Crippen LogP contribution < -0.4 is 5.32 Å². The summed E-state index contributed by atoms with van der Waals surface area (Å²) < 4.78 is 0. The molecule has 0 amide bonds. The van der Waals surface area contributed by atoms with Gasteiger partial charge in [-0.05, 0) is 31.2 Å². The van der Waals surface area contributed by atoms with E-state index in [2.05, 4.69) is 43.6 Å². The van der Waals surface area contributed by atoms with E-state index >= 15 is 0 Å². The monoisotopic (exact) mass is 197 g/mol. The minimum atomic E-state index is 0.310. The Balaban J connectivity index is 2.41. The summed E-state index contributed by atoms with van der Waals surface area (Å²) >= 11 is 1.82. The predicted octanol–water partition coefficient (Wildman–Crippen LogP) is 3.42. The lowest BCUT2D eigenvalue weighted by Crippen LogP contribution is -2.40. The van der Waals surface area contributed by atoms with Crippen molar-refractivity contribution < 1.29 is 0 Å². The first-order valence-electron chi connectivity index (χ1n) is 4.97. The molecular weight excluding hydrogens is 178 g/mol. The van der Waals surface area contributed by atoms with Gasteiger partial charge in [0.25, 0.3) is 0 Å². The summed E-state index contributed by atoms with van der Waals surface area (Å²) in [5.74, 6) is 0. The van der Waals surface area contributed by atoms with Crippen LogP contribution in [0.1, 0.15) is 38.5 Å². The molecule has 0 radical (unpaired) electrons. The molecule has 0 aliphatic heterocycles. The maximum atomic E-state index is 3.61. The fraction of sp³-hybridized carbons (Fsp3) is 0.636. The minimum absolute atomic E-state index is 0.310. The number of thiophene rings is 1. The van der Waals surface area contributed by atoms with Gasteiger partial charge >= 0.3 is 0 Å². The van der Waals surface area contributed by atoms with Crippen LogP contribution in [0, 0.1) is 0 Å². The number of nitrogens with one attached hydrogen (secondary N) is 1. The maximum Gasteiger partial charge on any atom is 0.0304 e. The largest absolute Gasteiger partial charge is 0.307 e. The zero-order chi connectivity index (χ0) is 9.73. The Morgan fingerprint density at radius 2 is 2.08 bits per heavy atom. The van der Waals surface area contributed by atoms with Crippen molar-refractivity contribution in [2.45, 2.75) is 45.7 Å². The van der Waals surface area contributed by atoms with Crippen LogP contribution in [0.2, 0.25) is 0 Å². The molecule has 0 saturated heterocycles. The highest BCUT2D eigenvalue weighted by atomic mass is 32.1. The molecule has 1 rings (SSSR count). The Kier molecular flexibility index (Phi) is 3.94. The van der Waals surface area contributed by atoms with Crippen molar-refractivity contribution >= 4 is 11.3 Å². The Morgan fingerprint density at radius 3 is 2.54 bits per heavy atom. The van der Waals surface area contributed by atoms with Crippen LogP contribution in [0.4, 0.5) is 0 Å². The van der Waals surface area contributed by atoms with Gasteiger partial charge in [-0.2, -0.15) is 0 Å². The molecule has 0 fully saturated rings. The SMILES string of the molecule is CCC(C)(CC)NCc1cccs1. The lowest BCUT2D eigenvalue weighted by Gasteiger charge is -2.28. The molecule has 13 heavy (non-hydrogen) atoms. The quantitative estimate of drug-likeness (QED) is 0.762. The molecule has 74 valence electrons. The summed E-state index contributed by atoms with van der Waals surface area (Å²) in [5.41, 5.74) is 0.310. The number of hydrogen-bond donors (Lipinski definition) is 1. The van der Waals surface area contributed by atoms with E-state index in [0.29, 0.717) is 5.54 Å². The summed E-state index contributed by atoms with van der Waals surface area (Å²) in [4.78, 5) is 1.42. The van der Waals surface area contributed by atoms with Crippen molar-refractivity contribution in [2.24, 2.45) is 0 Å². The molecule has 0 aliphatic carbocycles. The first-order valence-corrected chi connectivity index (χ1v) is 5.85. The molecular formula is C11H19NS. The molecule has 1 nitrogen and oxygen atoms in total. The highest BCUT2D eigenvalue weighted by molar-refractivity contribution is 7.09. The molecule has 0 aromatic carbocycles. The second-order valence-electron chi connectivity index (χ2n) is 3.70.